The molecule has 2 atom stereocenters. The zero-order chi connectivity index (χ0) is 30.3. The quantitative estimate of drug-likeness (QED) is 0.235. The van der Waals surface area contributed by atoms with Gasteiger partial charge in [0.25, 0.3) is 10.0 Å². The highest BCUT2D eigenvalue weighted by Gasteiger charge is 2.35. The van der Waals surface area contributed by atoms with Crippen molar-refractivity contribution in [2.75, 3.05) is 10.8 Å². The molecule has 0 saturated heterocycles. The summed E-state index contributed by atoms with van der Waals surface area (Å²) in [5.41, 5.74) is 1.45. The predicted octanol–water partition coefficient (Wildman–Crippen LogP) is 6.87. The molecule has 3 aromatic carbocycles. The minimum Gasteiger partial charge on any atom is -0.352 e. The summed E-state index contributed by atoms with van der Waals surface area (Å²) in [5.74, 6) is -0.936. The Hall–Kier alpha value is -2.78. The number of hydrogen-bond acceptors (Lipinski definition) is 4. The van der Waals surface area contributed by atoms with Gasteiger partial charge in [0.15, 0.2) is 0 Å². The molecule has 0 unspecified atom stereocenters. The molecule has 0 aromatic heterocycles. The second-order valence-corrected chi connectivity index (χ2v) is 12.8. The van der Waals surface area contributed by atoms with Crippen molar-refractivity contribution in [3.63, 3.8) is 0 Å². The van der Waals surface area contributed by atoms with Crippen molar-refractivity contribution in [1.29, 1.82) is 0 Å². The van der Waals surface area contributed by atoms with Gasteiger partial charge in [0.05, 0.1) is 10.6 Å². The van der Waals surface area contributed by atoms with E-state index >= 15 is 0 Å². The molecule has 0 aliphatic heterocycles. The summed E-state index contributed by atoms with van der Waals surface area (Å²) >= 11 is 18.9. The molecule has 0 bridgehead atoms. The van der Waals surface area contributed by atoms with Crippen molar-refractivity contribution >= 4 is 62.3 Å². The van der Waals surface area contributed by atoms with E-state index in [1.807, 2.05) is 13.8 Å². The number of halogens is 3. The third-order valence-electron chi connectivity index (χ3n) is 6.84. The second kappa shape index (κ2) is 14.4. The molecule has 0 aliphatic carbocycles. The maximum atomic E-state index is 14.2. The smallest absolute Gasteiger partial charge is 0.264 e. The number of carbonyl (C=O) groups is 2. The summed E-state index contributed by atoms with van der Waals surface area (Å²) in [6.07, 6.45) is 0.983. The maximum absolute atomic E-state index is 14.2. The number of carbonyl (C=O) groups excluding carboxylic acids is 2. The van der Waals surface area contributed by atoms with Crippen LogP contribution in [0.25, 0.3) is 0 Å². The lowest BCUT2D eigenvalue weighted by Crippen LogP contribution is -2.53. The number of aryl methyl sites for hydroxylation is 1. The van der Waals surface area contributed by atoms with E-state index in [1.54, 1.807) is 56.3 Å². The molecule has 7 nitrogen and oxygen atoms in total. The van der Waals surface area contributed by atoms with Crippen LogP contribution in [0.1, 0.15) is 44.7 Å². The number of hydrogen-bond donors (Lipinski definition) is 1. The van der Waals surface area contributed by atoms with E-state index in [0.29, 0.717) is 38.3 Å². The molecule has 3 rings (SSSR count). The normalized spacial score (nSPS) is 12.9. The third kappa shape index (κ3) is 7.95. The van der Waals surface area contributed by atoms with Gasteiger partial charge in [-0.3, -0.25) is 13.9 Å². The summed E-state index contributed by atoms with van der Waals surface area (Å²) < 4.78 is 29.0. The Morgan fingerprint density at radius 2 is 1.49 bits per heavy atom. The number of anilines is 1. The number of sulfonamides is 1. The highest BCUT2D eigenvalue weighted by molar-refractivity contribution is 7.92. The molecule has 11 heteroatoms. The van der Waals surface area contributed by atoms with Crippen molar-refractivity contribution < 1.29 is 18.0 Å². The number of amides is 2. The van der Waals surface area contributed by atoms with E-state index in [2.05, 4.69) is 5.32 Å². The van der Waals surface area contributed by atoms with E-state index in [0.717, 1.165) is 4.31 Å². The first kappa shape index (κ1) is 32.7. The Kier molecular flexibility index (Phi) is 11.5. The molecule has 1 N–H and O–H groups in total. The first-order valence-electron chi connectivity index (χ1n) is 13.3. The van der Waals surface area contributed by atoms with Crippen molar-refractivity contribution in [2.24, 2.45) is 0 Å². The van der Waals surface area contributed by atoms with Crippen LogP contribution in [-0.2, 0) is 26.2 Å². The van der Waals surface area contributed by atoms with Crippen LogP contribution in [0.2, 0.25) is 15.1 Å². The predicted molar refractivity (Wildman–Crippen MR) is 166 cm³/mol. The Balaban J connectivity index is 2.11. The molecule has 2 amide bonds. The van der Waals surface area contributed by atoms with Gasteiger partial charge in [0.1, 0.15) is 12.6 Å². The highest BCUT2D eigenvalue weighted by atomic mass is 35.5. The molecule has 0 heterocycles. The van der Waals surface area contributed by atoms with Crippen LogP contribution >= 0.6 is 34.8 Å². The number of nitrogens with zero attached hydrogens (tertiary/aromatic N) is 2. The Morgan fingerprint density at radius 1 is 0.878 bits per heavy atom. The van der Waals surface area contributed by atoms with Gasteiger partial charge in [0.2, 0.25) is 11.8 Å². The Morgan fingerprint density at radius 3 is 2.05 bits per heavy atom. The van der Waals surface area contributed by atoms with Crippen LogP contribution in [-0.4, -0.2) is 43.8 Å². The Labute approximate surface area is 257 Å². The average molecular weight is 639 g/mol. The first-order chi connectivity index (χ1) is 19.4. The van der Waals surface area contributed by atoms with E-state index in [-0.39, 0.29) is 29.8 Å². The molecule has 41 heavy (non-hydrogen) atoms. The minimum absolute atomic E-state index is 0.0276. The lowest BCUT2D eigenvalue weighted by Gasteiger charge is -2.34. The van der Waals surface area contributed by atoms with Crippen molar-refractivity contribution in [1.82, 2.24) is 10.2 Å². The van der Waals surface area contributed by atoms with Crippen LogP contribution in [0.15, 0.2) is 71.6 Å². The van der Waals surface area contributed by atoms with E-state index in [4.69, 9.17) is 34.8 Å². The van der Waals surface area contributed by atoms with E-state index in [1.165, 1.54) is 29.2 Å². The van der Waals surface area contributed by atoms with Crippen molar-refractivity contribution in [3.05, 3.63) is 92.9 Å². The van der Waals surface area contributed by atoms with Crippen molar-refractivity contribution in [3.8, 4) is 0 Å². The summed E-state index contributed by atoms with van der Waals surface area (Å²) in [5, 5.41) is 3.98. The maximum Gasteiger partial charge on any atom is 0.264 e. The molecule has 3 aromatic rings. The van der Waals surface area contributed by atoms with Gasteiger partial charge in [-0.1, -0.05) is 72.9 Å². The topological polar surface area (TPSA) is 86.8 Å². The zero-order valence-corrected chi connectivity index (χ0v) is 26.5. The van der Waals surface area contributed by atoms with Crippen LogP contribution < -0.4 is 9.62 Å². The van der Waals surface area contributed by atoms with Gasteiger partial charge >= 0.3 is 0 Å². The molecular weight excluding hydrogens is 605 g/mol. The largest absolute Gasteiger partial charge is 0.352 e. The monoisotopic (exact) mass is 637 g/mol. The molecule has 0 spiro atoms. The summed E-state index contributed by atoms with van der Waals surface area (Å²) in [4.78, 5) is 28.9. The molecule has 0 radical (unpaired) electrons. The fraction of sp³-hybridized carbons (Fsp3) is 0.333. The zero-order valence-electron chi connectivity index (χ0n) is 23.4. The third-order valence-corrected chi connectivity index (χ3v) is 9.58. The van der Waals surface area contributed by atoms with E-state index < -0.39 is 28.5 Å². The number of benzene rings is 3. The van der Waals surface area contributed by atoms with Crippen molar-refractivity contribution in [2.45, 2.75) is 64.1 Å². The van der Waals surface area contributed by atoms with Crippen LogP contribution in [0.3, 0.4) is 0 Å². The van der Waals surface area contributed by atoms with Gasteiger partial charge < -0.3 is 10.2 Å². The van der Waals surface area contributed by atoms with Crippen LogP contribution in [0.4, 0.5) is 5.69 Å². The van der Waals surface area contributed by atoms with Gasteiger partial charge in [-0.15, -0.1) is 0 Å². The Bertz CT molecular complexity index is 1460. The van der Waals surface area contributed by atoms with Gasteiger partial charge in [-0.05, 0) is 74.7 Å². The highest BCUT2D eigenvalue weighted by Crippen LogP contribution is 2.30. The van der Waals surface area contributed by atoms with Gasteiger partial charge in [-0.2, -0.15) is 0 Å². The minimum atomic E-state index is -4.21. The lowest BCUT2D eigenvalue weighted by molar-refractivity contribution is -0.140. The first-order valence-corrected chi connectivity index (χ1v) is 15.8. The second-order valence-electron chi connectivity index (χ2n) is 9.72. The SMILES string of the molecule is CC[C@@H](C)NC(=O)[C@H](CC)N(Cc1c(Cl)cccc1Cl)C(=O)CN(c1ccccc1C)S(=O)(=O)c1ccc(Cl)cc1. The molecule has 0 aliphatic rings. The van der Waals surface area contributed by atoms with E-state index in [9.17, 15) is 18.0 Å². The average Bonchev–Trinajstić information content (AvgIpc) is 2.93. The number of nitrogens with one attached hydrogen (secondary N) is 1. The standard InChI is InChI=1S/C30H34Cl3N3O4S/c1-5-21(4)34-30(38)27(6-2)35(18-24-25(32)11-9-12-26(24)33)29(37)19-36(28-13-8-7-10-20(28)3)41(39,40)23-16-14-22(31)15-17-23/h7-17,21,27H,5-6,18-19H2,1-4H3,(H,34,38)/t21-,27+/m1/s1. The van der Waals surface area contributed by atoms with Gasteiger partial charge in [-0.25, -0.2) is 8.42 Å². The fourth-order valence-corrected chi connectivity index (χ4v) is 6.43. The summed E-state index contributed by atoms with van der Waals surface area (Å²) in [6, 6.07) is 16.6. The molecular formula is C30H34Cl3N3O4S. The fourth-order valence-electron chi connectivity index (χ4n) is 4.30. The number of rotatable bonds is 12. The van der Waals surface area contributed by atoms with Gasteiger partial charge in [0, 0.05) is 33.2 Å². The lowest BCUT2D eigenvalue weighted by atomic mass is 10.1. The molecule has 0 fully saturated rings. The van der Waals surface area contributed by atoms with Crippen LogP contribution in [0, 0.1) is 6.92 Å². The number of para-hydroxylation sites is 1. The molecule has 220 valence electrons. The van der Waals surface area contributed by atoms with Crippen LogP contribution in [0.5, 0.6) is 0 Å². The molecule has 0 saturated carbocycles. The summed E-state index contributed by atoms with van der Waals surface area (Å²) in [7, 11) is -4.21. The summed E-state index contributed by atoms with van der Waals surface area (Å²) in [6.45, 7) is 6.72.